The molecule has 144 valence electrons. The van der Waals surface area contributed by atoms with Crippen molar-refractivity contribution < 1.29 is 14.4 Å². The Kier molecular flexibility index (Phi) is 4.21. The lowest BCUT2D eigenvalue weighted by atomic mass is 9.95. The molecule has 2 aliphatic rings. The van der Waals surface area contributed by atoms with Crippen LogP contribution in [0, 0.1) is 6.92 Å². The number of aromatic nitrogens is 2. The predicted molar refractivity (Wildman–Crippen MR) is 101 cm³/mol. The van der Waals surface area contributed by atoms with Gasteiger partial charge in [-0.15, -0.1) is 11.3 Å². The summed E-state index contributed by atoms with van der Waals surface area (Å²) in [6.07, 6.45) is 3.87. The summed E-state index contributed by atoms with van der Waals surface area (Å²) < 4.78 is 2.08. The lowest BCUT2D eigenvalue weighted by molar-refractivity contribution is -0.139. The number of imide groups is 1. The van der Waals surface area contributed by atoms with Gasteiger partial charge in [0.15, 0.2) is 0 Å². The molecule has 27 heavy (non-hydrogen) atoms. The third-order valence-electron chi connectivity index (χ3n) is 5.36. The Bertz CT molecular complexity index is 931. The highest BCUT2D eigenvalue weighted by atomic mass is 32.1. The van der Waals surface area contributed by atoms with Gasteiger partial charge in [0.1, 0.15) is 22.7 Å². The fraction of sp³-hybridized carbons (Fsp3) is 0.556. The number of carbonyl (C=O) groups excluding carboxylic acids is 3. The van der Waals surface area contributed by atoms with E-state index in [1.807, 2.05) is 18.5 Å². The van der Waals surface area contributed by atoms with Crippen molar-refractivity contribution in [3.63, 3.8) is 0 Å². The first-order valence-electron chi connectivity index (χ1n) is 9.12. The monoisotopic (exact) mass is 389 g/mol. The molecule has 0 spiro atoms. The molecule has 2 saturated heterocycles. The van der Waals surface area contributed by atoms with Crippen LogP contribution >= 0.6 is 11.3 Å². The largest absolute Gasteiger partial charge is 0.340 e. The van der Waals surface area contributed by atoms with Crippen LogP contribution in [0.4, 0.5) is 4.79 Å². The van der Waals surface area contributed by atoms with Gasteiger partial charge in [0, 0.05) is 30.6 Å². The maximum absolute atomic E-state index is 12.8. The standard InChI is InChI=1S/C18H23N5O3S/c1-11-19-14(15-22(11)7-8-27-15)12-5-4-6-21(9-12)13(24)10-23-16(25)18(2,3)20-17(23)26/h7-8,12H,4-6,9-10H2,1-3H3,(H,20,26). The second kappa shape index (κ2) is 6.33. The van der Waals surface area contributed by atoms with Crippen molar-refractivity contribution >= 4 is 34.0 Å². The molecule has 1 N–H and O–H groups in total. The number of hydrogen-bond donors (Lipinski definition) is 1. The molecule has 8 nitrogen and oxygen atoms in total. The molecule has 9 heteroatoms. The highest BCUT2D eigenvalue weighted by Crippen LogP contribution is 2.32. The SMILES string of the molecule is Cc1nc(C2CCCN(C(=O)CN3C(=O)NC(C)(C)C3=O)C2)c2sccn12. The van der Waals surface area contributed by atoms with Crippen LogP contribution in [0.15, 0.2) is 11.6 Å². The van der Waals surface area contributed by atoms with Crippen LogP contribution in [0.2, 0.25) is 0 Å². The number of nitrogens with zero attached hydrogens (tertiary/aromatic N) is 4. The summed E-state index contributed by atoms with van der Waals surface area (Å²) in [5, 5.41) is 4.65. The minimum atomic E-state index is -0.958. The molecule has 2 aliphatic heterocycles. The lowest BCUT2D eigenvalue weighted by Gasteiger charge is -2.33. The Hall–Kier alpha value is -2.42. The molecule has 0 aromatic carbocycles. The van der Waals surface area contributed by atoms with Crippen molar-refractivity contribution in [2.75, 3.05) is 19.6 Å². The molecule has 0 bridgehead atoms. The van der Waals surface area contributed by atoms with Gasteiger partial charge in [0.2, 0.25) is 5.91 Å². The molecule has 1 atom stereocenters. The van der Waals surface area contributed by atoms with Crippen LogP contribution in [-0.2, 0) is 9.59 Å². The van der Waals surface area contributed by atoms with E-state index < -0.39 is 11.6 Å². The number of aryl methyl sites for hydroxylation is 1. The van der Waals surface area contributed by atoms with Crippen molar-refractivity contribution in [2.24, 2.45) is 0 Å². The van der Waals surface area contributed by atoms with E-state index in [1.165, 1.54) is 0 Å². The third kappa shape index (κ3) is 2.99. The topological polar surface area (TPSA) is 87.0 Å². The molecule has 4 heterocycles. The predicted octanol–water partition coefficient (Wildman–Crippen LogP) is 1.74. The number of likely N-dealkylation sites (tertiary alicyclic amines) is 1. The van der Waals surface area contributed by atoms with Crippen molar-refractivity contribution in [3.05, 3.63) is 23.1 Å². The fourth-order valence-electron chi connectivity index (χ4n) is 3.88. The Morgan fingerprint density at radius 1 is 1.41 bits per heavy atom. The first-order valence-corrected chi connectivity index (χ1v) is 10.00. The molecule has 4 rings (SSSR count). The van der Waals surface area contributed by atoms with Gasteiger partial charge in [-0.25, -0.2) is 9.78 Å². The summed E-state index contributed by atoms with van der Waals surface area (Å²) in [6, 6.07) is -0.503. The number of imidazole rings is 1. The second-order valence-electron chi connectivity index (χ2n) is 7.75. The minimum absolute atomic E-state index is 0.171. The third-order valence-corrected chi connectivity index (χ3v) is 6.24. The summed E-state index contributed by atoms with van der Waals surface area (Å²) in [5.41, 5.74) is 0.0803. The molecular formula is C18H23N5O3S. The van der Waals surface area contributed by atoms with Crippen molar-refractivity contribution in [1.29, 1.82) is 0 Å². The highest BCUT2D eigenvalue weighted by Gasteiger charge is 2.45. The van der Waals surface area contributed by atoms with Crippen molar-refractivity contribution in [2.45, 2.75) is 45.1 Å². The van der Waals surface area contributed by atoms with Crippen LogP contribution < -0.4 is 5.32 Å². The van der Waals surface area contributed by atoms with Gasteiger partial charge in [-0.3, -0.25) is 18.9 Å². The smallest absolute Gasteiger partial charge is 0.325 e. The molecular weight excluding hydrogens is 366 g/mol. The van der Waals surface area contributed by atoms with E-state index in [1.54, 1.807) is 30.1 Å². The lowest BCUT2D eigenvalue weighted by Crippen LogP contribution is -2.47. The number of carbonyl (C=O) groups is 3. The van der Waals surface area contributed by atoms with Crippen LogP contribution in [0.25, 0.3) is 4.83 Å². The van der Waals surface area contributed by atoms with Gasteiger partial charge in [-0.2, -0.15) is 0 Å². The summed E-state index contributed by atoms with van der Waals surface area (Å²) in [6.45, 7) is 6.26. The van der Waals surface area contributed by atoms with E-state index in [9.17, 15) is 14.4 Å². The first kappa shape index (κ1) is 18.0. The number of urea groups is 1. The van der Waals surface area contributed by atoms with E-state index in [0.29, 0.717) is 13.1 Å². The van der Waals surface area contributed by atoms with E-state index in [4.69, 9.17) is 4.98 Å². The Labute approximate surface area is 161 Å². The summed E-state index contributed by atoms with van der Waals surface area (Å²) in [5.74, 6) is 0.564. The number of rotatable bonds is 3. The number of thiazole rings is 1. The van der Waals surface area contributed by atoms with Crippen molar-refractivity contribution in [3.8, 4) is 0 Å². The number of nitrogens with one attached hydrogen (secondary N) is 1. The van der Waals surface area contributed by atoms with Gasteiger partial charge in [-0.05, 0) is 33.6 Å². The first-order chi connectivity index (χ1) is 12.8. The zero-order valence-corrected chi connectivity index (χ0v) is 16.5. The van der Waals surface area contributed by atoms with E-state index in [-0.39, 0.29) is 24.3 Å². The Morgan fingerprint density at radius 3 is 2.89 bits per heavy atom. The molecule has 0 radical (unpaired) electrons. The van der Waals surface area contributed by atoms with Crippen LogP contribution in [-0.4, -0.2) is 62.2 Å². The summed E-state index contributed by atoms with van der Waals surface area (Å²) in [4.78, 5) is 45.8. The van der Waals surface area contributed by atoms with Gasteiger partial charge >= 0.3 is 6.03 Å². The molecule has 2 aromatic heterocycles. The van der Waals surface area contributed by atoms with Crippen LogP contribution in [0.5, 0.6) is 0 Å². The van der Waals surface area contributed by atoms with E-state index in [2.05, 4.69) is 9.72 Å². The fourth-order valence-corrected chi connectivity index (χ4v) is 4.84. The summed E-state index contributed by atoms with van der Waals surface area (Å²) >= 11 is 1.66. The molecule has 4 amide bonds. The quantitative estimate of drug-likeness (QED) is 0.810. The highest BCUT2D eigenvalue weighted by molar-refractivity contribution is 7.15. The normalized spacial score (nSPS) is 22.6. The molecule has 1 unspecified atom stereocenters. The number of piperidine rings is 1. The molecule has 0 aliphatic carbocycles. The Balaban J connectivity index is 1.48. The second-order valence-corrected chi connectivity index (χ2v) is 8.64. The van der Waals surface area contributed by atoms with Crippen molar-refractivity contribution in [1.82, 2.24) is 24.5 Å². The van der Waals surface area contributed by atoms with E-state index >= 15 is 0 Å². The minimum Gasteiger partial charge on any atom is -0.340 e. The number of fused-ring (bicyclic) bond motifs is 1. The molecule has 2 fully saturated rings. The number of hydrogen-bond acceptors (Lipinski definition) is 5. The summed E-state index contributed by atoms with van der Waals surface area (Å²) in [7, 11) is 0. The maximum Gasteiger partial charge on any atom is 0.325 e. The molecule has 2 aromatic rings. The van der Waals surface area contributed by atoms with Crippen LogP contribution in [0.3, 0.4) is 0 Å². The van der Waals surface area contributed by atoms with Gasteiger partial charge in [0.05, 0.1) is 5.69 Å². The number of amides is 4. The Morgan fingerprint density at radius 2 is 2.19 bits per heavy atom. The zero-order valence-electron chi connectivity index (χ0n) is 15.7. The van der Waals surface area contributed by atoms with Gasteiger partial charge in [0.25, 0.3) is 5.91 Å². The van der Waals surface area contributed by atoms with Gasteiger partial charge in [-0.1, -0.05) is 0 Å². The average molecular weight is 389 g/mol. The molecule has 0 saturated carbocycles. The van der Waals surface area contributed by atoms with Gasteiger partial charge < -0.3 is 10.2 Å². The van der Waals surface area contributed by atoms with Crippen LogP contribution in [0.1, 0.15) is 44.1 Å². The maximum atomic E-state index is 12.8. The zero-order chi connectivity index (χ0) is 19.3. The average Bonchev–Trinajstić information content (AvgIpc) is 3.27. The van der Waals surface area contributed by atoms with E-state index in [0.717, 1.165) is 34.1 Å².